The maximum absolute atomic E-state index is 12.8. The molecule has 26 heavy (non-hydrogen) atoms. The van der Waals surface area contributed by atoms with Gasteiger partial charge in [0.2, 0.25) is 5.91 Å². The first-order chi connectivity index (χ1) is 12.1. The molecule has 6 nitrogen and oxygen atoms in total. The lowest BCUT2D eigenvalue weighted by Gasteiger charge is -2.17. The summed E-state index contributed by atoms with van der Waals surface area (Å²) in [5.41, 5.74) is -1.98. The van der Waals surface area contributed by atoms with E-state index < -0.39 is 40.7 Å². The van der Waals surface area contributed by atoms with Gasteiger partial charge in [0, 0.05) is 18.9 Å². The van der Waals surface area contributed by atoms with Gasteiger partial charge in [0.15, 0.2) is 0 Å². The third kappa shape index (κ3) is 4.63. The van der Waals surface area contributed by atoms with Crippen molar-refractivity contribution in [2.75, 3.05) is 18.9 Å². The molecule has 138 valence electrons. The lowest BCUT2D eigenvalue weighted by molar-refractivity contribution is -0.137. The third-order valence-electron chi connectivity index (χ3n) is 3.33. The number of nitrogens with one attached hydrogen (secondary N) is 2. The van der Waals surface area contributed by atoms with Crippen molar-refractivity contribution in [2.45, 2.75) is 6.18 Å². The number of benzene rings is 1. The smallest absolute Gasteiger partial charge is 0.332 e. The Balaban J connectivity index is 2.08. The van der Waals surface area contributed by atoms with Gasteiger partial charge in [0.25, 0.3) is 11.5 Å². The van der Waals surface area contributed by atoms with Gasteiger partial charge in [0.1, 0.15) is 5.56 Å². The van der Waals surface area contributed by atoms with Gasteiger partial charge in [-0.25, -0.2) is 0 Å². The Hall–Kier alpha value is -2.81. The molecule has 0 saturated carbocycles. The van der Waals surface area contributed by atoms with Crippen molar-refractivity contribution in [2.24, 2.45) is 0 Å². The summed E-state index contributed by atoms with van der Waals surface area (Å²) in [6.45, 7) is -0.461. The fraction of sp³-hybridized carbons (Fsp3) is 0.188. The summed E-state index contributed by atoms with van der Waals surface area (Å²) in [5.74, 6) is -1.43. The van der Waals surface area contributed by atoms with Crippen LogP contribution in [0.2, 0.25) is 5.02 Å². The quantitative estimate of drug-likeness (QED) is 0.846. The Bertz CT molecular complexity index is 896. The van der Waals surface area contributed by atoms with E-state index in [-0.39, 0.29) is 11.3 Å². The molecule has 0 saturated heterocycles. The molecule has 0 bridgehead atoms. The minimum atomic E-state index is -4.67. The molecule has 0 aliphatic heterocycles. The number of H-pyrrole nitrogens is 1. The number of hydrogen-bond donors (Lipinski definition) is 2. The molecule has 1 aromatic carbocycles. The zero-order chi connectivity index (χ0) is 19.5. The second-order valence-corrected chi connectivity index (χ2v) is 5.72. The molecule has 0 unspecified atom stereocenters. The van der Waals surface area contributed by atoms with Gasteiger partial charge in [-0.05, 0) is 30.3 Å². The predicted octanol–water partition coefficient (Wildman–Crippen LogP) is 2.76. The number of amides is 2. The first-order valence-electron chi connectivity index (χ1n) is 7.19. The van der Waals surface area contributed by atoms with Gasteiger partial charge >= 0.3 is 6.18 Å². The van der Waals surface area contributed by atoms with E-state index in [9.17, 15) is 27.6 Å². The Labute approximate surface area is 150 Å². The average Bonchev–Trinajstić information content (AvgIpc) is 2.55. The van der Waals surface area contributed by atoms with Gasteiger partial charge in [-0.1, -0.05) is 11.6 Å². The second-order valence-electron chi connectivity index (χ2n) is 5.31. The minimum Gasteiger partial charge on any atom is -0.332 e. The van der Waals surface area contributed by atoms with Crippen molar-refractivity contribution in [3.63, 3.8) is 0 Å². The molecule has 1 heterocycles. The first kappa shape index (κ1) is 19.5. The number of nitrogens with zero attached hydrogens (tertiary/aromatic N) is 1. The first-order valence-corrected chi connectivity index (χ1v) is 7.57. The molecule has 2 amide bonds. The van der Waals surface area contributed by atoms with Gasteiger partial charge in [0.05, 0.1) is 17.1 Å². The van der Waals surface area contributed by atoms with Crippen LogP contribution < -0.4 is 10.9 Å². The number of carbonyl (C=O) groups is 2. The molecule has 0 atom stereocenters. The van der Waals surface area contributed by atoms with E-state index in [0.29, 0.717) is 6.07 Å². The number of rotatable bonds is 4. The molecule has 2 aromatic rings. The normalized spacial score (nSPS) is 11.1. The maximum Gasteiger partial charge on any atom is 0.417 e. The van der Waals surface area contributed by atoms with Crippen LogP contribution in [0, 0.1) is 0 Å². The lowest BCUT2D eigenvalue weighted by atomic mass is 10.2. The molecule has 0 radical (unpaired) electrons. The lowest BCUT2D eigenvalue weighted by Crippen LogP contribution is -2.37. The van der Waals surface area contributed by atoms with Crippen molar-refractivity contribution < 1.29 is 22.8 Å². The number of anilines is 1. The van der Waals surface area contributed by atoms with Crippen molar-refractivity contribution in [1.29, 1.82) is 0 Å². The predicted molar refractivity (Wildman–Crippen MR) is 89.1 cm³/mol. The van der Waals surface area contributed by atoms with Gasteiger partial charge in [-0.15, -0.1) is 0 Å². The highest BCUT2D eigenvalue weighted by Gasteiger charge is 2.33. The van der Waals surface area contributed by atoms with Gasteiger partial charge in [-0.2, -0.15) is 13.2 Å². The van der Waals surface area contributed by atoms with Crippen LogP contribution in [0.5, 0.6) is 0 Å². The Kier molecular flexibility index (Phi) is 5.71. The molecular formula is C16H13ClF3N3O3. The number of pyridine rings is 1. The monoisotopic (exact) mass is 387 g/mol. The summed E-state index contributed by atoms with van der Waals surface area (Å²) in [6, 6.07) is 5.67. The van der Waals surface area contributed by atoms with Crippen LogP contribution >= 0.6 is 11.6 Å². The van der Waals surface area contributed by atoms with Crippen LogP contribution in [0.4, 0.5) is 18.9 Å². The number of carbonyl (C=O) groups excluding carboxylic acids is 2. The van der Waals surface area contributed by atoms with E-state index in [0.717, 1.165) is 11.0 Å². The minimum absolute atomic E-state index is 0.120. The Morgan fingerprint density at radius 2 is 1.96 bits per heavy atom. The molecule has 2 rings (SSSR count). The largest absolute Gasteiger partial charge is 0.417 e. The molecule has 1 aromatic heterocycles. The molecule has 2 N–H and O–H groups in total. The third-order valence-corrected chi connectivity index (χ3v) is 3.66. The highest BCUT2D eigenvalue weighted by atomic mass is 35.5. The molecule has 0 aliphatic carbocycles. The standard InChI is InChI=1S/C16H13ClF3N3O3/c1-23(15(26)10-3-2-6-21-14(10)25)8-13(24)22-9-4-5-12(17)11(7-9)16(18,19)20/h2-7H,8H2,1H3,(H,21,25)(H,22,24). The summed E-state index contributed by atoms with van der Waals surface area (Å²) in [6.07, 6.45) is -3.32. The second kappa shape index (κ2) is 7.61. The maximum atomic E-state index is 12.8. The summed E-state index contributed by atoms with van der Waals surface area (Å²) in [5, 5.41) is 1.76. The summed E-state index contributed by atoms with van der Waals surface area (Å²) in [7, 11) is 1.29. The fourth-order valence-electron chi connectivity index (χ4n) is 2.10. The number of halogens is 4. The van der Waals surface area contributed by atoms with Crippen molar-refractivity contribution in [3.8, 4) is 0 Å². The zero-order valence-electron chi connectivity index (χ0n) is 13.4. The van der Waals surface area contributed by atoms with Crippen molar-refractivity contribution >= 4 is 29.1 Å². The number of hydrogen-bond acceptors (Lipinski definition) is 3. The van der Waals surface area contributed by atoms with E-state index in [1.165, 1.54) is 31.4 Å². The Morgan fingerprint density at radius 1 is 1.27 bits per heavy atom. The fourth-order valence-corrected chi connectivity index (χ4v) is 2.33. The molecule has 10 heteroatoms. The summed E-state index contributed by atoms with van der Waals surface area (Å²) in [4.78, 5) is 39.0. The highest BCUT2D eigenvalue weighted by Crippen LogP contribution is 2.36. The van der Waals surface area contributed by atoms with Crippen molar-refractivity contribution in [3.05, 3.63) is 63.0 Å². The highest BCUT2D eigenvalue weighted by molar-refractivity contribution is 6.31. The van der Waals surface area contributed by atoms with Crippen LogP contribution in [0.1, 0.15) is 15.9 Å². The van der Waals surface area contributed by atoms with Gasteiger partial charge in [-0.3, -0.25) is 14.4 Å². The van der Waals surface area contributed by atoms with E-state index in [1.807, 2.05) is 0 Å². The van der Waals surface area contributed by atoms with Crippen LogP contribution in [0.3, 0.4) is 0 Å². The molecule has 0 aliphatic rings. The van der Waals surface area contributed by atoms with Gasteiger partial charge < -0.3 is 15.2 Å². The van der Waals surface area contributed by atoms with E-state index in [4.69, 9.17) is 11.6 Å². The SMILES string of the molecule is CN(CC(=O)Nc1ccc(Cl)c(C(F)(F)F)c1)C(=O)c1ccc[nH]c1=O. The van der Waals surface area contributed by atoms with E-state index in [1.54, 1.807) is 0 Å². The van der Waals surface area contributed by atoms with Crippen LogP contribution in [0.25, 0.3) is 0 Å². The average molecular weight is 388 g/mol. The van der Waals surface area contributed by atoms with E-state index >= 15 is 0 Å². The van der Waals surface area contributed by atoms with Crippen LogP contribution in [0.15, 0.2) is 41.3 Å². The van der Waals surface area contributed by atoms with Crippen molar-refractivity contribution in [1.82, 2.24) is 9.88 Å². The number of aromatic nitrogens is 1. The Morgan fingerprint density at radius 3 is 2.58 bits per heavy atom. The number of likely N-dealkylation sites (N-methyl/N-ethyl adjacent to an activating group) is 1. The summed E-state index contributed by atoms with van der Waals surface area (Å²) >= 11 is 5.51. The number of aromatic amines is 1. The topological polar surface area (TPSA) is 82.3 Å². The van der Waals surface area contributed by atoms with E-state index in [2.05, 4.69) is 10.3 Å². The van der Waals surface area contributed by atoms with Crippen LogP contribution in [-0.4, -0.2) is 35.3 Å². The number of alkyl halides is 3. The molecule has 0 spiro atoms. The molecule has 0 fully saturated rings. The zero-order valence-corrected chi connectivity index (χ0v) is 14.1. The molecular weight excluding hydrogens is 375 g/mol. The summed E-state index contributed by atoms with van der Waals surface area (Å²) < 4.78 is 38.5. The van der Waals surface area contributed by atoms with Crippen LogP contribution in [-0.2, 0) is 11.0 Å².